The summed E-state index contributed by atoms with van der Waals surface area (Å²) in [5, 5.41) is 0.513. The Morgan fingerprint density at radius 1 is 1.26 bits per heavy atom. The Bertz CT molecular complexity index is 1450. The molecule has 2 aromatic carbocycles. The Balaban J connectivity index is 1.63. The number of carbonyl (C=O) groups is 1. The van der Waals surface area contributed by atoms with Gasteiger partial charge in [0.15, 0.2) is 22.3 Å². The van der Waals surface area contributed by atoms with Crippen LogP contribution >= 0.6 is 22.9 Å². The number of benzene rings is 2. The van der Waals surface area contributed by atoms with Crippen molar-refractivity contribution >= 4 is 44.9 Å². The van der Waals surface area contributed by atoms with Crippen molar-refractivity contribution in [1.82, 2.24) is 9.88 Å². The lowest BCUT2D eigenvalue weighted by molar-refractivity contribution is 0.0608. The summed E-state index contributed by atoms with van der Waals surface area (Å²) in [5.41, 5.74) is 0.447. The van der Waals surface area contributed by atoms with E-state index in [0.717, 1.165) is 23.0 Å². The zero-order valence-corrected chi connectivity index (χ0v) is 24.2. The molecule has 1 aromatic heterocycles. The standard InChI is InChI=1S/C26H28ClF2N3O5S2/c1-25(2,3)37-24(33)32(20-14-38-16-30-20)39(34,35)23-18(28)12-19(21(27)22(23)29)36-26(4)10-11-31(15-26)13-17-8-6-5-7-9-17/h5-9,12,14,16H,10-11,13,15H2,1-4H3/t26-/m0/s1. The van der Waals surface area contributed by atoms with Gasteiger partial charge in [0.05, 0.1) is 5.51 Å². The van der Waals surface area contributed by atoms with Crippen LogP contribution in [0.4, 0.5) is 19.4 Å². The van der Waals surface area contributed by atoms with Crippen LogP contribution in [-0.4, -0.2) is 48.7 Å². The molecule has 1 saturated heterocycles. The van der Waals surface area contributed by atoms with E-state index in [-0.39, 0.29) is 15.9 Å². The SMILES string of the molecule is CC(C)(C)OC(=O)N(c1cscn1)S(=O)(=O)c1c(F)cc(O[C@@]2(C)CCN(Cc3ccccc3)C2)c(Cl)c1F. The van der Waals surface area contributed by atoms with E-state index in [4.69, 9.17) is 21.1 Å². The topological polar surface area (TPSA) is 89.0 Å². The molecule has 0 bridgehead atoms. The summed E-state index contributed by atoms with van der Waals surface area (Å²) in [7, 11) is -5.18. The van der Waals surface area contributed by atoms with Gasteiger partial charge in [-0.1, -0.05) is 41.9 Å². The van der Waals surface area contributed by atoms with Gasteiger partial charge in [0.25, 0.3) is 10.0 Å². The van der Waals surface area contributed by atoms with E-state index in [1.807, 2.05) is 30.3 Å². The van der Waals surface area contributed by atoms with Crippen LogP contribution in [0.5, 0.6) is 5.75 Å². The summed E-state index contributed by atoms with van der Waals surface area (Å²) in [6.07, 6.45) is -0.823. The predicted octanol–water partition coefficient (Wildman–Crippen LogP) is 6.25. The van der Waals surface area contributed by atoms with Gasteiger partial charge in [-0.15, -0.1) is 15.6 Å². The first-order chi connectivity index (χ1) is 18.2. The van der Waals surface area contributed by atoms with Crippen molar-refractivity contribution in [3.63, 3.8) is 0 Å². The second kappa shape index (κ2) is 11.0. The third kappa shape index (κ3) is 6.51. The van der Waals surface area contributed by atoms with Crippen LogP contribution in [-0.2, 0) is 21.3 Å². The number of carbonyl (C=O) groups excluding carboxylic acids is 1. The average molecular weight is 600 g/mol. The molecule has 13 heteroatoms. The van der Waals surface area contributed by atoms with Crippen molar-refractivity contribution < 1.29 is 31.5 Å². The van der Waals surface area contributed by atoms with Crippen molar-refractivity contribution in [3.8, 4) is 5.75 Å². The number of hydrogen-bond acceptors (Lipinski definition) is 8. The number of sulfonamides is 1. The number of aromatic nitrogens is 1. The van der Waals surface area contributed by atoms with E-state index in [2.05, 4.69) is 9.88 Å². The van der Waals surface area contributed by atoms with E-state index in [0.29, 0.717) is 26.1 Å². The minimum absolute atomic E-state index is 0.118. The van der Waals surface area contributed by atoms with E-state index >= 15 is 8.78 Å². The number of halogens is 3. The lowest BCUT2D eigenvalue weighted by Gasteiger charge is -2.28. The number of hydrogen-bond donors (Lipinski definition) is 0. The maximum Gasteiger partial charge on any atom is 0.430 e. The maximum absolute atomic E-state index is 15.5. The highest BCUT2D eigenvalue weighted by Crippen LogP contribution is 2.39. The summed E-state index contributed by atoms with van der Waals surface area (Å²) >= 11 is 7.19. The Hall–Kier alpha value is -2.80. The third-order valence-electron chi connectivity index (χ3n) is 5.89. The van der Waals surface area contributed by atoms with Crippen molar-refractivity contribution in [2.75, 3.05) is 17.4 Å². The highest BCUT2D eigenvalue weighted by atomic mass is 35.5. The third-order valence-corrected chi connectivity index (χ3v) is 8.52. The fraction of sp³-hybridized carbons (Fsp3) is 0.385. The molecule has 0 spiro atoms. The second-order valence-electron chi connectivity index (χ2n) is 10.4. The van der Waals surface area contributed by atoms with Crippen LogP contribution in [0.3, 0.4) is 0 Å². The number of rotatable bonds is 7. The van der Waals surface area contributed by atoms with Gasteiger partial charge in [-0.05, 0) is 33.3 Å². The summed E-state index contributed by atoms with van der Waals surface area (Å²) in [5.74, 6) is -3.77. The van der Waals surface area contributed by atoms with Crippen molar-refractivity contribution in [2.45, 2.75) is 56.8 Å². The van der Waals surface area contributed by atoms with Gasteiger partial charge in [-0.3, -0.25) is 4.90 Å². The summed E-state index contributed by atoms with van der Waals surface area (Å²) in [4.78, 5) is 17.4. The molecule has 1 atom stereocenters. The molecule has 0 N–H and O–H groups in total. The first kappa shape index (κ1) is 29.2. The fourth-order valence-electron chi connectivity index (χ4n) is 4.23. The van der Waals surface area contributed by atoms with Gasteiger partial charge in [-0.25, -0.2) is 27.0 Å². The Kier molecular flexibility index (Phi) is 8.23. The Labute approximate surface area is 235 Å². The molecule has 210 valence electrons. The number of nitrogens with zero attached hydrogens (tertiary/aromatic N) is 3. The zero-order valence-electron chi connectivity index (χ0n) is 21.8. The molecule has 1 aliphatic rings. The predicted molar refractivity (Wildman–Crippen MR) is 145 cm³/mol. The largest absolute Gasteiger partial charge is 0.484 e. The number of likely N-dealkylation sites (tertiary alicyclic amines) is 1. The van der Waals surface area contributed by atoms with Crippen LogP contribution < -0.4 is 9.04 Å². The molecular formula is C26H28ClF2N3O5S2. The van der Waals surface area contributed by atoms with E-state index in [1.165, 1.54) is 31.7 Å². The van der Waals surface area contributed by atoms with Crippen LogP contribution in [0, 0.1) is 11.6 Å². The molecular weight excluding hydrogens is 572 g/mol. The monoisotopic (exact) mass is 599 g/mol. The molecule has 0 radical (unpaired) electrons. The van der Waals surface area contributed by atoms with Gasteiger partial charge in [0, 0.05) is 37.5 Å². The summed E-state index contributed by atoms with van der Waals surface area (Å²) in [6, 6.07) is 10.5. The highest BCUT2D eigenvalue weighted by Gasteiger charge is 2.42. The first-order valence-electron chi connectivity index (χ1n) is 12.0. The van der Waals surface area contributed by atoms with E-state index in [1.54, 1.807) is 6.92 Å². The quantitative estimate of drug-likeness (QED) is 0.297. The maximum atomic E-state index is 15.5. The Morgan fingerprint density at radius 3 is 2.56 bits per heavy atom. The minimum atomic E-state index is -5.18. The van der Waals surface area contributed by atoms with Gasteiger partial charge >= 0.3 is 6.09 Å². The highest BCUT2D eigenvalue weighted by molar-refractivity contribution is 7.93. The molecule has 4 rings (SSSR count). The van der Waals surface area contributed by atoms with Crippen LogP contribution in [0.1, 0.15) is 39.7 Å². The van der Waals surface area contributed by atoms with E-state index < -0.39 is 48.9 Å². The van der Waals surface area contributed by atoms with Gasteiger partial charge in [0.1, 0.15) is 22.0 Å². The molecule has 0 aliphatic carbocycles. The van der Waals surface area contributed by atoms with E-state index in [9.17, 15) is 13.2 Å². The van der Waals surface area contributed by atoms with Crippen molar-refractivity contribution in [1.29, 1.82) is 0 Å². The van der Waals surface area contributed by atoms with Gasteiger partial charge in [0.2, 0.25) is 0 Å². The summed E-state index contributed by atoms with van der Waals surface area (Å²) < 4.78 is 69.2. The molecule has 1 aliphatic heterocycles. The molecule has 0 unspecified atom stereocenters. The number of ether oxygens (including phenoxy) is 2. The fourth-order valence-corrected chi connectivity index (χ4v) is 6.46. The molecule has 3 aromatic rings. The minimum Gasteiger partial charge on any atom is -0.484 e. The molecule has 1 fully saturated rings. The number of anilines is 1. The van der Waals surface area contributed by atoms with Crippen LogP contribution in [0.25, 0.3) is 0 Å². The number of amides is 1. The van der Waals surface area contributed by atoms with Gasteiger partial charge in [-0.2, -0.15) is 0 Å². The zero-order chi connectivity index (χ0) is 28.6. The lowest BCUT2D eigenvalue weighted by atomic mass is 10.1. The Morgan fingerprint density at radius 2 is 1.95 bits per heavy atom. The van der Waals surface area contributed by atoms with Crippen molar-refractivity contribution in [3.05, 3.63) is 69.5 Å². The number of thiazole rings is 1. The molecule has 0 saturated carbocycles. The average Bonchev–Trinajstić information content (AvgIpc) is 3.46. The van der Waals surface area contributed by atoms with Crippen LogP contribution in [0.2, 0.25) is 5.02 Å². The molecule has 39 heavy (non-hydrogen) atoms. The molecule has 1 amide bonds. The second-order valence-corrected chi connectivity index (χ2v) is 13.2. The van der Waals surface area contributed by atoms with Crippen LogP contribution in [0.15, 0.2) is 52.2 Å². The smallest absolute Gasteiger partial charge is 0.430 e. The van der Waals surface area contributed by atoms with Gasteiger partial charge < -0.3 is 9.47 Å². The van der Waals surface area contributed by atoms with Crippen molar-refractivity contribution in [2.24, 2.45) is 0 Å². The molecule has 2 heterocycles. The lowest BCUT2D eigenvalue weighted by Crippen LogP contribution is -2.42. The molecule has 8 nitrogen and oxygen atoms in total. The first-order valence-corrected chi connectivity index (χ1v) is 14.8. The normalized spacial score (nSPS) is 18.2. The summed E-state index contributed by atoms with van der Waals surface area (Å²) in [6.45, 7) is 8.16.